The van der Waals surface area contributed by atoms with Crippen LogP contribution in [0.1, 0.15) is 29.5 Å². The Bertz CT molecular complexity index is 972. The number of benzene rings is 2. The topological polar surface area (TPSA) is 51.1 Å². The number of hydrogen-bond acceptors (Lipinski definition) is 5. The number of anilines is 1. The maximum absolute atomic E-state index is 13.3. The molecule has 2 aliphatic rings. The third-order valence-electron chi connectivity index (χ3n) is 5.14. The lowest BCUT2D eigenvalue weighted by molar-refractivity contribution is -0.113. The number of rotatable bonds is 5. The van der Waals surface area contributed by atoms with E-state index in [1.807, 2.05) is 56.3 Å². The fourth-order valence-electron chi connectivity index (χ4n) is 3.70. The standard InChI is InChI=1S/C24H26N2O3S/c1-16-11-17(2)13-19(12-16)26-23(27)22(14-18-6-8-20(28-3)9-7-18)25-24(26)30-15-21-5-4-10-29-21/h6-9,11-14,21H,4-5,10,15H2,1-3H3. The van der Waals surface area contributed by atoms with Gasteiger partial charge in [-0.1, -0.05) is 30.0 Å². The number of aryl methyl sites for hydroxylation is 2. The predicted octanol–water partition coefficient (Wildman–Crippen LogP) is 4.97. The second kappa shape index (κ2) is 9.06. The molecular formula is C24H26N2O3S. The largest absolute Gasteiger partial charge is 0.497 e. The van der Waals surface area contributed by atoms with Gasteiger partial charge in [-0.25, -0.2) is 4.99 Å². The molecule has 0 spiro atoms. The van der Waals surface area contributed by atoms with Gasteiger partial charge in [0.15, 0.2) is 5.17 Å². The van der Waals surface area contributed by atoms with Crippen LogP contribution in [0.15, 0.2) is 53.2 Å². The van der Waals surface area contributed by atoms with Gasteiger partial charge in [-0.15, -0.1) is 0 Å². The van der Waals surface area contributed by atoms with Crippen LogP contribution >= 0.6 is 11.8 Å². The van der Waals surface area contributed by atoms with Gasteiger partial charge in [-0.3, -0.25) is 9.69 Å². The fourth-order valence-corrected chi connectivity index (χ4v) is 4.78. The Morgan fingerprint density at radius 1 is 1.20 bits per heavy atom. The Morgan fingerprint density at radius 2 is 1.93 bits per heavy atom. The molecule has 0 aliphatic carbocycles. The molecule has 1 amide bonds. The highest BCUT2D eigenvalue weighted by atomic mass is 32.2. The summed E-state index contributed by atoms with van der Waals surface area (Å²) in [6, 6.07) is 13.8. The molecule has 2 aromatic carbocycles. The van der Waals surface area contributed by atoms with E-state index in [9.17, 15) is 4.79 Å². The maximum Gasteiger partial charge on any atom is 0.283 e. The zero-order valence-electron chi connectivity index (χ0n) is 17.6. The third kappa shape index (κ3) is 4.60. The number of ether oxygens (including phenoxy) is 2. The first-order chi connectivity index (χ1) is 14.5. The molecule has 4 rings (SSSR count). The van der Waals surface area contributed by atoms with Crippen LogP contribution in [0.2, 0.25) is 0 Å². The molecule has 1 saturated heterocycles. The van der Waals surface area contributed by atoms with E-state index < -0.39 is 0 Å². The van der Waals surface area contributed by atoms with Crippen molar-refractivity contribution in [2.24, 2.45) is 4.99 Å². The van der Waals surface area contributed by atoms with E-state index >= 15 is 0 Å². The lowest BCUT2D eigenvalue weighted by Gasteiger charge is -2.20. The summed E-state index contributed by atoms with van der Waals surface area (Å²) in [6.45, 7) is 4.91. The highest BCUT2D eigenvalue weighted by Gasteiger charge is 2.33. The molecular weight excluding hydrogens is 396 g/mol. The molecule has 2 aromatic rings. The summed E-state index contributed by atoms with van der Waals surface area (Å²) >= 11 is 1.59. The molecule has 1 unspecified atom stereocenters. The first-order valence-corrected chi connectivity index (χ1v) is 11.1. The molecule has 0 radical (unpaired) electrons. The Morgan fingerprint density at radius 3 is 2.57 bits per heavy atom. The lowest BCUT2D eigenvalue weighted by atomic mass is 10.1. The van der Waals surface area contributed by atoms with Crippen LogP contribution in [0.3, 0.4) is 0 Å². The normalized spacial score (nSPS) is 20.2. The summed E-state index contributed by atoms with van der Waals surface area (Å²) in [5.74, 6) is 1.47. The third-order valence-corrected chi connectivity index (χ3v) is 6.21. The van der Waals surface area contributed by atoms with Crippen LogP contribution in [-0.2, 0) is 9.53 Å². The smallest absolute Gasteiger partial charge is 0.283 e. The van der Waals surface area contributed by atoms with Gasteiger partial charge in [0.05, 0.1) is 18.9 Å². The summed E-state index contributed by atoms with van der Waals surface area (Å²) in [4.78, 5) is 19.8. The summed E-state index contributed by atoms with van der Waals surface area (Å²) in [5, 5.41) is 0.709. The van der Waals surface area contributed by atoms with Gasteiger partial charge < -0.3 is 9.47 Å². The first-order valence-electron chi connectivity index (χ1n) is 10.1. The van der Waals surface area contributed by atoms with E-state index in [-0.39, 0.29) is 12.0 Å². The molecule has 30 heavy (non-hydrogen) atoms. The van der Waals surface area contributed by atoms with Crippen molar-refractivity contribution in [3.05, 3.63) is 64.9 Å². The van der Waals surface area contributed by atoms with Gasteiger partial charge in [-0.05, 0) is 73.7 Å². The van der Waals surface area contributed by atoms with Crippen molar-refractivity contribution in [3.8, 4) is 5.75 Å². The quantitative estimate of drug-likeness (QED) is 0.639. The highest BCUT2D eigenvalue weighted by Crippen LogP contribution is 2.32. The Labute approximate surface area is 181 Å². The molecule has 0 saturated carbocycles. The maximum atomic E-state index is 13.3. The number of carbonyl (C=O) groups is 1. The minimum atomic E-state index is -0.106. The monoisotopic (exact) mass is 422 g/mol. The van der Waals surface area contributed by atoms with Gasteiger partial charge in [0.1, 0.15) is 11.4 Å². The number of thioether (sulfide) groups is 1. The fraction of sp³-hybridized carbons (Fsp3) is 0.333. The van der Waals surface area contributed by atoms with Crippen LogP contribution in [0.5, 0.6) is 5.75 Å². The van der Waals surface area contributed by atoms with Crippen LogP contribution in [0.25, 0.3) is 6.08 Å². The Hall–Kier alpha value is -2.57. The molecule has 2 aliphatic heterocycles. The molecule has 6 heteroatoms. The highest BCUT2D eigenvalue weighted by molar-refractivity contribution is 8.14. The average Bonchev–Trinajstić information content (AvgIpc) is 3.34. The summed E-state index contributed by atoms with van der Waals surface area (Å²) in [5.41, 5.74) is 4.44. The van der Waals surface area contributed by atoms with Gasteiger partial charge in [0.2, 0.25) is 0 Å². The van der Waals surface area contributed by atoms with Crippen molar-refractivity contribution < 1.29 is 14.3 Å². The number of amidine groups is 1. The molecule has 0 aromatic heterocycles. The molecule has 156 valence electrons. The van der Waals surface area contributed by atoms with Crippen LogP contribution < -0.4 is 9.64 Å². The van der Waals surface area contributed by atoms with Gasteiger partial charge in [0.25, 0.3) is 5.91 Å². The molecule has 2 heterocycles. The zero-order chi connectivity index (χ0) is 21.1. The summed E-state index contributed by atoms with van der Waals surface area (Å²) < 4.78 is 11.0. The number of carbonyl (C=O) groups excluding carboxylic acids is 1. The number of amides is 1. The molecule has 5 nitrogen and oxygen atoms in total. The second-order valence-electron chi connectivity index (χ2n) is 7.63. The SMILES string of the molecule is COc1ccc(C=C2N=C(SCC3CCCO3)N(c3cc(C)cc(C)c3)C2=O)cc1. The Balaban J connectivity index is 1.65. The molecule has 1 fully saturated rings. The molecule has 0 N–H and O–H groups in total. The van der Waals surface area contributed by atoms with Gasteiger partial charge in [-0.2, -0.15) is 0 Å². The number of hydrogen-bond donors (Lipinski definition) is 0. The van der Waals surface area contributed by atoms with Crippen molar-refractivity contribution in [3.63, 3.8) is 0 Å². The van der Waals surface area contributed by atoms with Crippen molar-refractivity contribution in [1.29, 1.82) is 0 Å². The van der Waals surface area contributed by atoms with E-state index in [0.29, 0.717) is 10.9 Å². The van der Waals surface area contributed by atoms with E-state index in [0.717, 1.165) is 53.3 Å². The zero-order valence-corrected chi connectivity index (χ0v) is 18.4. The number of nitrogens with zero attached hydrogens (tertiary/aromatic N) is 2. The number of methoxy groups -OCH3 is 1. The molecule has 1 atom stereocenters. The van der Waals surface area contributed by atoms with E-state index in [2.05, 4.69) is 6.07 Å². The minimum absolute atomic E-state index is 0.106. The van der Waals surface area contributed by atoms with E-state index in [1.165, 1.54) is 0 Å². The van der Waals surface area contributed by atoms with Gasteiger partial charge in [0, 0.05) is 12.4 Å². The van der Waals surface area contributed by atoms with Crippen molar-refractivity contribution in [2.75, 3.05) is 24.4 Å². The van der Waals surface area contributed by atoms with Crippen LogP contribution in [-0.4, -0.2) is 36.6 Å². The van der Waals surface area contributed by atoms with Crippen molar-refractivity contribution in [1.82, 2.24) is 0 Å². The molecule has 0 bridgehead atoms. The lowest BCUT2D eigenvalue weighted by Crippen LogP contribution is -2.31. The Kier molecular flexibility index (Phi) is 6.25. The summed E-state index contributed by atoms with van der Waals surface area (Å²) in [7, 11) is 1.64. The van der Waals surface area contributed by atoms with Crippen molar-refractivity contribution >= 4 is 34.6 Å². The summed E-state index contributed by atoms with van der Waals surface area (Å²) in [6.07, 6.45) is 4.21. The first kappa shape index (κ1) is 20.7. The number of aliphatic imine (C=N–C) groups is 1. The minimum Gasteiger partial charge on any atom is -0.497 e. The predicted molar refractivity (Wildman–Crippen MR) is 123 cm³/mol. The van der Waals surface area contributed by atoms with Crippen LogP contribution in [0.4, 0.5) is 5.69 Å². The van der Waals surface area contributed by atoms with Crippen LogP contribution in [0, 0.1) is 13.8 Å². The van der Waals surface area contributed by atoms with Gasteiger partial charge >= 0.3 is 0 Å². The van der Waals surface area contributed by atoms with Crippen molar-refractivity contribution in [2.45, 2.75) is 32.8 Å². The second-order valence-corrected chi connectivity index (χ2v) is 8.62. The van der Waals surface area contributed by atoms with E-state index in [1.54, 1.807) is 23.8 Å². The van der Waals surface area contributed by atoms with E-state index in [4.69, 9.17) is 14.5 Å². The average molecular weight is 423 g/mol.